The van der Waals surface area contributed by atoms with Crippen LogP contribution >= 0.6 is 0 Å². The highest BCUT2D eigenvalue weighted by Crippen LogP contribution is 2.39. The van der Waals surface area contributed by atoms with E-state index >= 15 is 0 Å². The Labute approximate surface area is 215 Å². The molecule has 2 aliphatic rings. The number of phenols is 3. The minimum absolute atomic E-state index is 0.0518. The molecule has 0 spiro atoms. The third-order valence-corrected chi connectivity index (χ3v) is 7.65. The summed E-state index contributed by atoms with van der Waals surface area (Å²) in [6, 6.07) is 3.12. The smallest absolute Gasteiger partial charge is 0.253 e. The highest BCUT2D eigenvalue weighted by Gasteiger charge is 2.24. The van der Waals surface area contributed by atoms with Gasteiger partial charge in [0.25, 0.3) is 5.91 Å². The van der Waals surface area contributed by atoms with E-state index in [-0.39, 0.29) is 68.4 Å². The molecule has 2 aromatic carbocycles. The molecule has 3 aromatic rings. The monoisotopic (exact) mass is 506 g/mol. The summed E-state index contributed by atoms with van der Waals surface area (Å²) in [5.74, 6) is -0.792. The third kappa shape index (κ3) is 4.91. The Morgan fingerprint density at radius 2 is 1.54 bits per heavy atom. The number of hydrogen-bond donors (Lipinski definition) is 4. The first-order valence-electron chi connectivity index (χ1n) is 12.8. The van der Waals surface area contributed by atoms with E-state index in [1.807, 2.05) is 0 Å². The van der Waals surface area contributed by atoms with Crippen LogP contribution in [0.2, 0.25) is 0 Å². The molecule has 2 aliphatic heterocycles. The quantitative estimate of drug-likeness (QED) is 0.313. The molecule has 196 valence electrons. The van der Waals surface area contributed by atoms with Gasteiger partial charge in [0.1, 0.15) is 39.3 Å². The molecule has 1 aromatic heterocycles. The van der Waals surface area contributed by atoms with Crippen LogP contribution in [0, 0.1) is 6.92 Å². The minimum Gasteiger partial charge on any atom is -0.507 e. The van der Waals surface area contributed by atoms with Crippen LogP contribution in [0.4, 0.5) is 0 Å². The van der Waals surface area contributed by atoms with Gasteiger partial charge in [-0.25, -0.2) is 9.97 Å². The van der Waals surface area contributed by atoms with Crippen LogP contribution in [0.1, 0.15) is 47.2 Å². The van der Waals surface area contributed by atoms with E-state index in [1.165, 1.54) is 12.1 Å². The summed E-state index contributed by atoms with van der Waals surface area (Å²) in [5, 5.41) is 35.5. The van der Waals surface area contributed by atoms with E-state index in [0.717, 1.165) is 51.9 Å². The predicted molar refractivity (Wildman–Crippen MR) is 143 cm³/mol. The van der Waals surface area contributed by atoms with Gasteiger partial charge < -0.3 is 30.4 Å². The molecule has 2 fully saturated rings. The number of aliphatic imine (C=N–C) groups is 1. The lowest BCUT2D eigenvalue weighted by Crippen LogP contribution is -2.43. The van der Waals surface area contributed by atoms with Crippen molar-refractivity contribution in [2.24, 2.45) is 4.99 Å². The fraction of sp³-hybridized carbons (Fsp3) is 0.481. The van der Waals surface area contributed by atoms with Crippen molar-refractivity contribution in [2.45, 2.75) is 44.7 Å². The number of nitrogens with zero attached hydrogens (tertiary/aromatic N) is 5. The van der Waals surface area contributed by atoms with Crippen LogP contribution in [0.15, 0.2) is 17.1 Å². The Bertz CT molecular complexity index is 1380. The van der Waals surface area contributed by atoms with E-state index in [4.69, 9.17) is 4.99 Å². The molecular formula is C27H34N6O4. The topological polar surface area (TPSA) is 134 Å². The first-order chi connectivity index (χ1) is 17.7. The lowest BCUT2D eigenvalue weighted by atomic mass is 10.0. The SMILES string of the molecule is Cc1c(O)c(/C=N/C2CCN(C)CC2)c2nc3c(O)ccc(C(=O)NC4CCN(C)CC4)c3nc2c1O. The van der Waals surface area contributed by atoms with Crippen LogP contribution in [0.5, 0.6) is 17.2 Å². The maximum Gasteiger partial charge on any atom is 0.253 e. The molecule has 0 aliphatic carbocycles. The molecule has 0 saturated carbocycles. The Kier molecular flexibility index (Phi) is 6.87. The van der Waals surface area contributed by atoms with Crippen molar-refractivity contribution in [3.8, 4) is 17.2 Å². The lowest BCUT2D eigenvalue weighted by Gasteiger charge is -2.29. The van der Waals surface area contributed by atoms with Crippen LogP contribution in [0.25, 0.3) is 22.1 Å². The normalized spacial score (nSPS) is 18.8. The number of hydrogen-bond acceptors (Lipinski definition) is 9. The zero-order valence-electron chi connectivity index (χ0n) is 21.5. The average Bonchev–Trinajstić information content (AvgIpc) is 2.89. The second-order valence-electron chi connectivity index (χ2n) is 10.3. The van der Waals surface area contributed by atoms with Crippen molar-refractivity contribution in [1.82, 2.24) is 25.1 Å². The third-order valence-electron chi connectivity index (χ3n) is 7.65. The fourth-order valence-electron chi connectivity index (χ4n) is 5.12. The van der Waals surface area contributed by atoms with Crippen molar-refractivity contribution < 1.29 is 20.1 Å². The summed E-state index contributed by atoms with van der Waals surface area (Å²) in [5.41, 5.74) is 1.53. The second kappa shape index (κ2) is 10.1. The molecule has 5 rings (SSSR count). The predicted octanol–water partition coefficient (Wildman–Crippen LogP) is 2.55. The van der Waals surface area contributed by atoms with Crippen molar-refractivity contribution in [1.29, 1.82) is 0 Å². The number of nitrogens with one attached hydrogen (secondary N) is 1. The van der Waals surface area contributed by atoms with Gasteiger partial charge in [-0.2, -0.15) is 0 Å². The van der Waals surface area contributed by atoms with Crippen molar-refractivity contribution in [3.63, 3.8) is 0 Å². The maximum atomic E-state index is 13.2. The van der Waals surface area contributed by atoms with Gasteiger partial charge in [0.2, 0.25) is 0 Å². The zero-order valence-corrected chi connectivity index (χ0v) is 21.5. The van der Waals surface area contributed by atoms with Gasteiger partial charge in [0.15, 0.2) is 0 Å². The Hall–Kier alpha value is -3.50. The van der Waals surface area contributed by atoms with Gasteiger partial charge in [-0.05, 0) is 85.0 Å². The number of phenolic OH excluding ortho intramolecular Hbond substituents is 3. The molecule has 10 nitrogen and oxygen atoms in total. The lowest BCUT2D eigenvalue weighted by molar-refractivity contribution is 0.0918. The molecule has 10 heteroatoms. The number of rotatable bonds is 4. The minimum atomic E-state index is -0.299. The summed E-state index contributed by atoms with van der Waals surface area (Å²) in [6.07, 6.45) is 5.12. The van der Waals surface area contributed by atoms with Crippen molar-refractivity contribution >= 4 is 34.2 Å². The van der Waals surface area contributed by atoms with E-state index in [2.05, 4.69) is 39.2 Å². The molecule has 0 radical (unpaired) electrons. The van der Waals surface area contributed by atoms with E-state index < -0.39 is 0 Å². The number of carbonyl (C=O) groups excluding carboxylic acids is 1. The van der Waals surface area contributed by atoms with Gasteiger partial charge in [-0.1, -0.05) is 0 Å². The largest absolute Gasteiger partial charge is 0.507 e. The number of piperidine rings is 2. The molecule has 37 heavy (non-hydrogen) atoms. The fourth-order valence-corrected chi connectivity index (χ4v) is 5.12. The number of fused-ring (bicyclic) bond motifs is 2. The standard InChI is InChI=1S/C27H34N6O4/c1-15-25(35)19(14-28-16-6-10-32(2)11-7-16)22-24(26(15)36)31-21-18(4-5-20(34)23(21)30-22)27(37)29-17-8-12-33(3)13-9-17/h4-5,14,16-17,34-36H,6-13H2,1-3H3,(H,29,37)/b28-14+. The zero-order chi connectivity index (χ0) is 26.3. The first kappa shape index (κ1) is 25.2. The van der Waals surface area contributed by atoms with Gasteiger partial charge in [0.05, 0.1) is 17.2 Å². The Morgan fingerprint density at radius 1 is 0.919 bits per heavy atom. The molecule has 4 N–H and O–H groups in total. The van der Waals surface area contributed by atoms with Crippen LogP contribution < -0.4 is 5.32 Å². The summed E-state index contributed by atoms with van der Waals surface area (Å²) in [7, 11) is 4.14. The number of amides is 1. The van der Waals surface area contributed by atoms with E-state index in [0.29, 0.717) is 5.56 Å². The summed E-state index contributed by atoms with van der Waals surface area (Å²) >= 11 is 0. The highest BCUT2D eigenvalue weighted by molar-refractivity contribution is 6.10. The summed E-state index contributed by atoms with van der Waals surface area (Å²) in [6.45, 7) is 5.31. The van der Waals surface area contributed by atoms with Crippen molar-refractivity contribution in [3.05, 3.63) is 28.8 Å². The molecule has 0 bridgehead atoms. The molecule has 0 unspecified atom stereocenters. The Morgan fingerprint density at radius 3 is 2.22 bits per heavy atom. The number of aromatic hydroxyl groups is 3. The van der Waals surface area contributed by atoms with E-state index in [9.17, 15) is 20.1 Å². The molecule has 3 heterocycles. The molecule has 2 saturated heterocycles. The first-order valence-corrected chi connectivity index (χ1v) is 12.8. The number of likely N-dealkylation sites (tertiary alicyclic amines) is 2. The molecule has 0 atom stereocenters. The van der Waals surface area contributed by atoms with Gasteiger partial charge in [-0.3, -0.25) is 9.79 Å². The maximum absolute atomic E-state index is 13.2. The number of aromatic nitrogens is 2. The van der Waals surface area contributed by atoms with Crippen LogP contribution in [-0.4, -0.2) is 99.6 Å². The van der Waals surface area contributed by atoms with Crippen LogP contribution in [-0.2, 0) is 0 Å². The summed E-state index contributed by atoms with van der Waals surface area (Å²) < 4.78 is 0. The number of benzene rings is 2. The van der Waals surface area contributed by atoms with E-state index in [1.54, 1.807) is 13.1 Å². The highest BCUT2D eigenvalue weighted by atomic mass is 16.3. The molecule has 1 amide bonds. The Balaban J connectivity index is 1.58. The van der Waals surface area contributed by atoms with Crippen molar-refractivity contribution in [2.75, 3.05) is 40.3 Å². The van der Waals surface area contributed by atoms with Gasteiger partial charge in [0, 0.05) is 17.8 Å². The van der Waals surface area contributed by atoms with Crippen LogP contribution in [0.3, 0.4) is 0 Å². The van der Waals surface area contributed by atoms with Gasteiger partial charge >= 0.3 is 0 Å². The van der Waals surface area contributed by atoms with Gasteiger partial charge in [-0.15, -0.1) is 0 Å². The summed E-state index contributed by atoms with van der Waals surface area (Å²) in [4.78, 5) is 31.6. The second-order valence-corrected chi connectivity index (χ2v) is 10.3. The molecular weight excluding hydrogens is 472 g/mol. The average molecular weight is 507 g/mol. The number of carbonyl (C=O) groups is 1.